The summed E-state index contributed by atoms with van der Waals surface area (Å²) in [5.74, 6) is 1.59. The van der Waals surface area contributed by atoms with E-state index in [0.717, 1.165) is 33.7 Å². The molecular formula is C15H16BrN5. The Labute approximate surface area is 131 Å². The third-order valence-corrected chi connectivity index (χ3v) is 4.00. The predicted octanol–water partition coefficient (Wildman–Crippen LogP) is 3.38. The Morgan fingerprint density at radius 3 is 2.81 bits per heavy atom. The molecule has 0 fully saturated rings. The lowest BCUT2D eigenvalue weighted by Gasteiger charge is -2.08. The van der Waals surface area contributed by atoms with Gasteiger partial charge in [-0.15, -0.1) is 0 Å². The number of halogens is 1. The highest BCUT2D eigenvalue weighted by molar-refractivity contribution is 9.10. The first-order chi connectivity index (χ1) is 10.2. The van der Waals surface area contributed by atoms with Crippen molar-refractivity contribution in [3.63, 3.8) is 0 Å². The molecule has 6 heteroatoms. The molecule has 0 aliphatic heterocycles. The fourth-order valence-corrected chi connectivity index (χ4v) is 2.68. The fourth-order valence-electron chi connectivity index (χ4n) is 2.27. The normalized spacial score (nSPS) is 11.0. The number of nitrogens with one attached hydrogen (secondary N) is 1. The average Bonchev–Trinajstić information content (AvgIpc) is 2.85. The molecule has 0 radical (unpaired) electrons. The molecule has 2 aromatic heterocycles. The molecule has 0 aliphatic carbocycles. The topological polar surface area (TPSA) is 55.6 Å². The van der Waals surface area contributed by atoms with Crippen LogP contribution in [0.25, 0.3) is 11.0 Å². The van der Waals surface area contributed by atoms with E-state index in [4.69, 9.17) is 0 Å². The van der Waals surface area contributed by atoms with Crippen LogP contribution in [0.1, 0.15) is 18.3 Å². The SMILES string of the molecule is CCNc1nc(C)nc2c1cnn2Cc1ccccc1Br. The summed E-state index contributed by atoms with van der Waals surface area (Å²) in [6.45, 7) is 5.44. The Morgan fingerprint density at radius 2 is 2.05 bits per heavy atom. The lowest BCUT2D eigenvalue weighted by atomic mass is 10.2. The molecule has 3 rings (SSSR count). The van der Waals surface area contributed by atoms with Crippen LogP contribution in [-0.2, 0) is 6.54 Å². The lowest BCUT2D eigenvalue weighted by Crippen LogP contribution is -2.06. The molecule has 0 aliphatic rings. The molecular weight excluding hydrogens is 330 g/mol. The van der Waals surface area contributed by atoms with Crippen molar-refractivity contribution in [2.75, 3.05) is 11.9 Å². The Kier molecular flexibility index (Phi) is 3.88. The number of aromatic nitrogens is 4. The maximum atomic E-state index is 4.54. The van der Waals surface area contributed by atoms with Crippen LogP contribution in [0, 0.1) is 6.92 Å². The Balaban J connectivity index is 2.06. The standard InChI is InChI=1S/C15H16BrN5/c1-3-17-14-12-8-18-21(15(12)20-10(2)19-14)9-11-6-4-5-7-13(11)16/h4-8H,3,9H2,1-2H3,(H,17,19,20). The monoisotopic (exact) mass is 345 g/mol. The number of hydrogen-bond donors (Lipinski definition) is 1. The maximum Gasteiger partial charge on any atom is 0.163 e. The number of fused-ring (bicyclic) bond motifs is 1. The summed E-state index contributed by atoms with van der Waals surface area (Å²) in [5.41, 5.74) is 2.03. The number of nitrogens with zero attached hydrogens (tertiary/aromatic N) is 4. The van der Waals surface area contributed by atoms with E-state index < -0.39 is 0 Å². The van der Waals surface area contributed by atoms with Crippen molar-refractivity contribution in [1.82, 2.24) is 19.7 Å². The van der Waals surface area contributed by atoms with Crippen molar-refractivity contribution in [3.05, 3.63) is 46.3 Å². The van der Waals surface area contributed by atoms with Gasteiger partial charge in [0, 0.05) is 11.0 Å². The smallest absolute Gasteiger partial charge is 0.163 e. The van der Waals surface area contributed by atoms with Gasteiger partial charge in [0.2, 0.25) is 0 Å². The molecule has 5 nitrogen and oxygen atoms in total. The van der Waals surface area contributed by atoms with E-state index in [1.54, 1.807) is 0 Å². The van der Waals surface area contributed by atoms with E-state index in [2.05, 4.69) is 49.3 Å². The number of anilines is 1. The molecule has 0 atom stereocenters. The zero-order valence-electron chi connectivity index (χ0n) is 12.0. The van der Waals surface area contributed by atoms with Gasteiger partial charge in [0.05, 0.1) is 18.1 Å². The Bertz CT molecular complexity index is 781. The number of aryl methyl sites for hydroxylation is 1. The van der Waals surface area contributed by atoms with Crippen LogP contribution in [0.3, 0.4) is 0 Å². The zero-order chi connectivity index (χ0) is 14.8. The molecule has 3 aromatic rings. The third kappa shape index (κ3) is 2.76. The van der Waals surface area contributed by atoms with Crippen molar-refractivity contribution in [3.8, 4) is 0 Å². The first-order valence-electron chi connectivity index (χ1n) is 6.86. The highest BCUT2D eigenvalue weighted by Crippen LogP contribution is 2.22. The molecule has 1 N–H and O–H groups in total. The molecule has 1 aromatic carbocycles. The molecule has 0 saturated heterocycles. The molecule has 108 valence electrons. The molecule has 21 heavy (non-hydrogen) atoms. The van der Waals surface area contributed by atoms with E-state index in [0.29, 0.717) is 6.54 Å². The van der Waals surface area contributed by atoms with E-state index in [-0.39, 0.29) is 0 Å². The predicted molar refractivity (Wildman–Crippen MR) is 87.5 cm³/mol. The molecule has 0 bridgehead atoms. The van der Waals surface area contributed by atoms with Gasteiger partial charge in [-0.2, -0.15) is 5.10 Å². The van der Waals surface area contributed by atoms with Gasteiger partial charge < -0.3 is 5.32 Å². The molecule has 2 heterocycles. The van der Waals surface area contributed by atoms with Gasteiger partial charge in [0.1, 0.15) is 11.6 Å². The summed E-state index contributed by atoms with van der Waals surface area (Å²) in [5, 5.41) is 8.69. The summed E-state index contributed by atoms with van der Waals surface area (Å²) in [7, 11) is 0. The van der Waals surface area contributed by atoms with Crippen LogP contribution in [0.15, 0.2) is 34.9 Å². The quantitative estimate of drug-likeness (QED) is 0.787. The van der Waals surface area contributed by atoms with Gasteiger partial charge in [0.25, 0.3) is 0 Å². The van der Waals surface area contributed by atoms with Crippen LogP contribution in [0.5, 0.6) is 0 Å². The number of hydrogen-bond acceptors (Lipinski definition) is 4. The second-order valence-corrected chi connectivity index (χ2v) is 5.64. The van der Waals surface area contributed by atoms with Crippen molar-refractivity contribution in [1.29, 1.82) is 0 Å². The Hall–Kier alpha value is -1.95. The largest absolute Gasteiger partial charge is 0.370 e. The third-order valence-electron chi connectivity index (χ3n) is 3.23. The minimum Gasteiger partial charge on any atom is -0.370 e. The molecule has 0 saturated carbocycles. The molecule has 0 amide bonds. The van der Waals surface area contributed by atoms with E-state index in [1.807, 2.05) is 36.0 Å². The summed E-state index contributed by atoms with van der Waals surface area (Å²) in [6, 6.07) is 8.14. The van der Waals surface area contributed by atoms with Gasteiger partial charge in [-0.25, -0.2) is 14.6 Å². The minimum atomic E-state index is 0.674. The Morgan fingerprint density at radius 1 is 1.24 bits per heavy atom. The van der Waals surface area contributed by atoms with Crippen LogP contribution >= 0.6 is 15.9 Å². The molecule has 0 unspecified atom stereocenters. The zero-order valence-corrected chi connectivity index (χ0v) is 13.6. The van der Waals surface area contributed by atoms with Gasteiger partial charge in [0.15, 0.2) is 5.65 Å². The first kappa shape index (κ1) is 14.0. The maximum absolute atomic E-state index is 4.54. The van der Waals surface area contributed by atoms with Crippen molar-refractivity contribution >= 4 is 32.8 Å². The fraction of sp³-hybridized carbons (Fsp3) is 0.267. The number of benzene rings is 1. The van der Waals surface area contributed by atoms with Crippen LogP contribution in [-0.4, -0.2) is 26.3 Å². The van der Waals surface area contributed by atoms with Crippen LogP contribution in [0.4, 0.5) is 5.82 Å². The van der Waals surface area contributed by atoms with Gasteiger partial charge in [-0.1, -0.05) is 34.1 Å². The highest BCUT2D eigenvalue weighted by atomic mass is 79.9. The van der Waals surface area contributed by atoms with E-state index in [9.17, 15) is 0 Å². The summed E-state index contributed by atoms with van der Waals surface area (Å²) < 4.78 is 2.98. The van der Waals surface area contributed by atoms with E-state index in [1.165, 1.54) is 5.56 Å². The van der Waals surface area contributed by atoms with E-state index >= 15 is 0 Å². The van der Waals surface area contributed by atoms with Crippen molar-refractivity contribution < 1.29 is 0 Å². The average molecular weight is 346 g/mol. The lowest BCUT2D eigenvalue weighted by molar-refractivity contribution is 0.700. The highest BCUT2D eigenvalue weighted by Gasteiger charge is 2.12. The minimum absolute atomic E-state index is 0.674. The summed E-state index contributed by atoms with van der Waals surface area (Å²) >= 11 is 3.57. The van der Waals surface area contributed by atoms with Crippen molar-refractivity contribution in [2.24, 2.45) is 0 Å². The summed E-state index contributed by atoms with van der Waals surface area (Å²) in [6.07, 6.45) is 1.82. The van der Waals surface area contributed by atoms with Gasteiger partial charge >= 0.3 is 0 Å². The van der Waals surface area contributed by atoms with Crippen LogP contribution < -0.4 is 5.32 Å². The van der Waals surface area contributed by atoms with Gasteiger partial charge in [-0.3, -0.25) is 0 Å². The van der Waals surface area contributed by atoms with Gasteiger partial charge in [-0.05, 0) is 25.5 Å². The molecule has 0 spiro atoms. The second kappa shape index (κ2) is 5.81. The number of rotatable bonds is 4. The first-order valence-corrected chi connectivity index (χ1v) is 7.65. The second-order valence-electron chi connectivity index (χ2n) is 4.78. The van der Waals surface area contributed by atoms with Crippen molar-refractivity contribution in [2.45, 2.75) is 20.4 Å². The van der Waals surface area contributed by atoms with Crippen LogP contribution in [0.2, 0.25) is 0 Å². The summed E-state index contributed by atoms with van der Waals surface area (Å²) in [4.78, 5) is 8.98.